The number of halogens is 3. The molecule has 0 saturated carbocycles. The van der Waals surface area contributed by atoms with Gasteiger partial charge < -0.3 is 11.1 Å². The van der Waals surface area contributed by atoms with E-state index in [9.17, 15) is 13.2 Å². The molecule has 1 saturated heterocycles. The van der Waals surface area contributed by atoms with E-state index in [2.05, 4.69) is 15.3 Å². The number of fused-ring (bicyclic) bond motifs is 1. The highest BCUT2D eigenvalue weighted by molar-refractivity contribution is 5.88. The number of aromatic nitrogens is 2. The molecule has 3 N–H and O–H groups in total. The predicted octanol–water partition coefficient (Wildman–Crippen LogP) is 2.51. The van der Waals surface area contributed by atoms with Crippen molar-refractivity contribution in [2.45, 2.75) is 12.6 Å². The van der Waals surface area contributed by atoms with E-state index in [4.69, 9.17) is 5.73 Å². The molecule has 1 unspecified atom stereocenters. The Hall–Kier alpha value is -2.09. The van der Waals surface area contributed by atoms with Gasteiger partial charge in [-0.15, -0.1) is 0 Å². The van der Waals surface area contributed by atoms with Gasteiger partial charge in [0.25, 0.3) is 0 Å². The number of nitrogens with zero attached hydrogens (tertiary/aromatic N) is 3. The van der Waals surface area contributed by atoms with Crippen molar-refractivity contribution in [3.63, 3.8) is 0 Å². The minimum absolute atomic E-state index is 0.147. The summed E-state index contributed by atoms with van der Waals surface area (Å²) >= 11 is 0. The molecule has 1 aromatic heterocycles. The van der Waals surface area contributed by atoms with Crippen molar-refractivity contribution in [2.75, 3.05) is 37.2 Å². The molecular weight excluding hydrogens is 307 g/mol. The van der Waals surface area contributed by atoms with Crippen LogP contribution in [-0.2, 0) is 0 Å². The topological polar surface area (TPSA) is 67.1 Å². The summed E-state index contributed by atoms with van der Waals surface area (Å²) in [6.45, 7) is 0.581. The molecule has 1 aromatic carbocycles. The first-order valence-electron chi connectivity index (χ1n) is 7.46. The SMILES string of the molecule is Nc1nc(NCC2CCN(CC(F)(F)F)C2)nc2ccccc12. The quantitative estimate of drug-likeness (QED) is 0.904. The molecule has 0 spiro atoms. The number of rotatable bonds is 4. The van der Waals surface area contributed by atoms with E-state index in [1.807, 2.05) is 24.3 Å². The van der Waals surface area contributed by atoms with Gasteiger partial charge in [-0.1, -0.05) is 12.1 Å². The zero-order valence-electron chi connectivity index (χ0n) is 12.5. The van der Waals surface area contributed by atoms with Gasteiger partial charge in [0, 0.05) is 18.5 Å². The monoisotopic (exact) mass is 325 g/mol. The molecule has 1 atom stereocenters. The summed E-state index contributed by atoms with van der Waals surface area (Å²) in [6.07, 6.45) is -3.41. The molecule has 1 aliphatic heterocycles. The normalized spacial score (nSPS) is 19.3. The van der Waals surface area contributed by atoms with Crippen LogP contribution in [0.2, 0.25) is 0 Å². The molecule has 2 aromatic rings. The summed E-state index contributed by atoms with van der Waals surface area (Å²) in [5.74, 6) is 0.951. The second-order valence-corrected chi connectivity index (χ2v) is 5.84. The van der Waals surface area contributed by atoms with Crippen LogP contribution in [0, 0.1) is 5.92 Å². The third kappa shape index (κ3) is 4.01. The van der Waals surface area contributed by atoms with Crippen LogP contribution in [0.3, 0.4) is 0 Å². The number of likely N-dealkylation sites (tertiary alicyclic amines) is 1. The molecular formula is C15H18F3N5. The molecule has 124 valence electrons. The Morgan fingerprint density at radius 1 is 1.26 bits per heavy atom. The summed E-state index contributed by atoms with van der Waals surface area (Å²) in [7, 11) is 0. The largest absolute Gasteiger partial charge is 0.401 e. The lowest BCUT2D eigenvalue weighted by molar-refractivity contribution is -0.143. The van der Waals surface area contributed by atoms with Crippen LogP contribution in [-0.4, -0.2) is 47.2 Å². The lowest BCUT2D eigenvalue weighted by Gasteiger charge is -2.18. The van der Waals surface area contributed by atoms with Crippen LogP contribution in [0.25, 0.3) is 10.9 Å². The van der Waals surface area contributed by atoms with Gasteiger partial charge in [0.05, 0.1) is 12.1 Å². The van der Waals surface area contributed by atoms with Crippen molar-refractivity contribution in [1.29, 1.82) is 0 Å². The zero-order valence-corrected chi connectivity index (χ0v) is 12.5. The number of nitrogen functional groups attached to an aromatic ring is 1. The van der Waals surface area contributed by atoms with Crippen LogP contribution >= 0.6 is 0 Å². The van der Waals surface area contributed by atoms with Gasteiger partial charge in [-0.25, -0.2) is 4.98 Å². The number of nitrogens with one attached hydrogen (secondary N) is 1. The number of hydrogen-bond donors (Lipinski definition) is 2. The zero-order chi connectivity index (χ0) is 16.4. The maximum absolute atomic E-state index is 12.4. The first-order valence-corrected chi connectivity index (χ1v) is 7.46. The summed E-state index contributed by atoms with van der Waals surface area (Å²) < 4.78 is 37.2. The Labute approximate surface area is 131 Å². The van der Waals surface area contributed by atoms with E-state index in [-0.39, 0.29) is 5.92 Å². The predicted molar refractivity (Wildman–Crippen MR) is 83.0 cm³/mol. The molecule has 3 rings (SSSR count). The number of para-hydroxylation sites is 1. The Morgan fingerprint density at radius 3 is 2.83 bits per heavy atom. The summed E-state index contributed by atoms with van der Waals surface area (Å²) in [5, 5.41) is 3.88. The average molecular weight is 325 g/mol. The van der Waals surface area contributed by atoms with Gasteiger partial charge in [-0.2, -0.15) is 18.2 Å². The number of benzene rings is 1. The van der Waals surface area contributed by atoms with Crippen molar-refractivity contribution >= 4 is 22.7 Å². The molecule has 1 aliphatic rings. The van der Waals surface area contributed by atoms with Gasteiger partial charge in [0.15, 0.2) is 0 Å². The van der Waals surface area contributed by atoms with Crippen molar-refractivity contribution < 1.29 is 13.2 Å². The van der Waals surface area contributed by atoms with E-state index in [1.54, 1.807) is 0 Å². The molecule has 23 heavy (non-hydrogen) atoms. The molecule has 0 radical (unpaired) electrons. The van der Waals surface area contributed by atoms with Crippen molar-refractivity contribution in [3.8, 4) is 0 Å². The minimum Gasteiger partial charge on any atom is -0.383 e. The third-order valence-corrected chi connectivity index (χ3v) is 3.95. The van der Waals surface area contributed by atoms with E-state index in [1.165, 1.54) is 4.90 Å². The maximum Gasteiger partial charge on any atom is 0.401 e. The Bertz CT molecular complexity index is 688. The highest BCUT2D eigenvalue weighted by Crippen LogP contribution is 2.23. The highest BCUT2D eigenvalue weighted by Gasteiger charge is 2.34. The van der Waals surface area contributed by atoms with Crippen LogP contribution in [0.4, 0.5) is 24.9 Å². The summed E-state index contributed by atoms with van der Waals surface area (Å²) in [6, 6.07) is 7.42. The second kappa shape index (κ2) is 6.19. The van der Waals surface area contributed by atoms with Gasteiger partial charge in [0.2, 0.25) is 5.95 Å². The molecule has 8 heteroatoms. The lowest BCUT2D eigenvalue weighted by Crippen LogP contribution is -2.33. The fourth-order valence-electron chi connectivity index (χ4n) is 2.89. The van der Waals surface area contributed by atoms with E-state index < -0.39 is 12.7 Å². The van der Waals surface area contributed by atoms with Crippen LogP contribution in [0.15, 0.2) is 24.3 Å². The Morgan fingerprint density at radius 2 is 2.04 bits per heavy atom. The number of nitrogens with two attached hydrogens (primary N) is 1. The van der Waals surface area contributed by atoms with Gasteiger partial charge in [0.1, 0.15) is 5.82 Å². The Kier molecular flexibility index (Phi) is 4.25. The second-order valence-electron chi connectivity index (χ2n) is 5.84. The van der Waals surface area contributed by atoms with Gasteiger partial charge >= 0.3 is 6.18 Å². The van der Waals surface area contributed by atoms with Crippen LogP contribution in [0.1, 0.15) is 6.42 Å². The van der Waals surface area contributed by atoms with Crippen molar-refractivity contribution in [1.82, 2.24) is 14.9 Å². The maximum atomic E-state index is 12.4. The van der Waals surface area contributed by atoms with Gasteiger partial charge in [-0.05, 0) is 31.0 Å². The molecule has 2 heterocycles. The average Bonchev–Trinajstić information content (AvgIpc) is 2.90. The first-order chi connectivity index (χ1) is 10.9. The molecule has 5 nitrogen and oxygen atoms in total. The smallest absolute Gasteiger partial charge is 0.383 e. The third-order valence-electron chi connectivity index (χ3n) is 3.95. The summed E-state index contributed by atoms with van der Waals surface area (Å²) in [5.41, 5.74) is 6.65. The number of hydrogen-bond acceptors (Lipinski definition) is 5. The van der Waals surface area contributed by atoms with Crippen LogP contribution in [0.5, 0.6) is 0 Å². The molecule has 0 amide bonds. The first kappa shape index (κ1) is 15.8. The van der Waals surface area contributed by atoms with Crippen LogP contribution < -0.4 is 11.1 Å². The fourth-order valence-corrected chi connectivity index (χ4v) is 2.89. The minimum atomic E-state index is -4.14. The highest BCUT2D eigenvalue weighted by atomic mass is 19.4. The number of alkyl halides is 3. The fraction of sp³-hybridized carbons (Fsp3) is 0.467. The van der Waals surface area contributed by atoms with Crippen molar-refractivity contribution in [3.05, 3.63) is 24.3 Å². The van der Waals surface area contributed by atoms with E-state index >= 15 is 0 Å². The standard InChI is InChI=1S/C15H18F3N5/c16-15(17,18)9-23-6-5-10(8-23)7-20-14-21-12-4-2-1-3-11(12)13(19)22-14/h1-4,10H,5-9H2,(H3,19,20,21,22). The molecule has 1 fully saturated rings. The summed E-state index contributed by atoms with van der Waals surface area (Å²) in [4.78, 5) is 10.0. The van der Waals surface area contributed by atoms with Gasteiger partial charge in [-0.3, -0.25) is 4.90 Å². The van der Waals surface area contributed by atoms with Crippen molar-refractivity contribution in [2.24, 2.45) is 5.92 Å². The lowest BCUT2D eigenvalue weighted by atomic mass is 10.1. The van der Waals surface area contributed by atoms with E-state index in [0.29, 0.717) is 31.4 Å². The Balaban J connectivity index is 1.59. The molecule has 0 aliphatic carbocycles. The van der Waals surface area contributed by atoms with E-state index in [0.717, 1.165) is 17.3 Å². The molecule has 0 bridgehead atoms. The number of anilines is 2.